The molecule has 0 bridgehead atoms. The molecule has 0 atom stereocenters. The maximum atomic E-state index is 5.55. The summed E-state index contributed by atoms with van der Waals surface area (Å²) in [4.78, 5) is 4.13. The molecule has 15 heavy (non-hydrogen) atoms. The maximum absolute atomic E-state index is 5.55. The van der Waals surface area contributed by atoms with E-state index in [1.54, 1.807) is 12.3 Å². The predicted octanol–water partition coefficient (Wildman–Crippen LogP) is 3.05. The third-order valence-corrected chi connectivity index (χ3v) is 1.53. The number of rotatable bonds is 0. The Morgan fingerprint density at radius 3 is 2.47 bits per heavy atom. The number of benzene rings is 1. The monoisotopic (exact) mass is 292 g/mol. The van der Waals surface area contributed by atoms with Gasteiger partial charge in [-0.2, -0.15) is 0 Å². The Bertz CT molecular complexity index is 320. The number of halogens is 4. The molecule has 0 amide bonds. The predicted molar refractivity (Wildman–Crippen MR) is 73.5 cm³/mol. The molecule has 0 fully saturated rings. The molecular formula is C8H12Cl4N2O. The van der Waals surface area contributed by atoms with E-state index in [2.05, 4.69) is 4.99 Å². The first-order valence-electron chi connectivity index (χ1n) is 3.41. The van der Waals surface area contributed by atoms with Gasteiger partial charge in [0.2, 0.25) is 0 Å². The number of nitrogens with zero attached hydrogens (tertiary/aromatic N) is 1. The second-order valence-corrected chi connectivity index (χ2v) is 2.35. The van der Waals surface area contributed by atoms with Crippen LogP contribution in [0.4, 0.5) is 11.4 Å². The first kappa shape index (κ1) is 20.1. The molecule has 1 heterocycles. The minimum atomic E-state index is 0. The van der Waals surface area contributed by atoms with Crippen molar-refractivity contribution in [3.8, 4) is 5.75 Å². The molecule has 0 aromatic heterocycles. The lowest BCUT2D eigenvalue weighted by molar-refractivity contribution is 0.377. The van der Waals surface area contributed by atoms with Gasteiger partial charge in [-0.3, -0.25) is 4.99 Å². The van der Waals surface area contributed by atoms with Crippen molar-refractivity contribution in [1.29, 1.82) is 0 Å². The fourth-order valence-electron chi connectivity index (χ4n) is 1.02. The number of hydrogen-bond donors (Lipinski definition) is 1. The SMILES string of the molecule is Cl.Cl.Cl.Cl.Nc1ccc2c(c1)OCC=N2. The van der Waals surface area contributed by atoms with Gasteiger partial charge in [-0.15, -0.1) is 49.6 Å². The van der Waals surface area contributed by atoms with Gasteiger partial charge in [0, 0.05) is 18.0 Å². The summed E-state index contributed by atoms with van der Waals surface area (Å²) in [6.45, 7) is 0.538. The number of hydrogen-bond acceptors (Lipinski definition) is 3. The van der Waals surface area contributed by atoms with Crippen molar-refractivity contribution in [3.63, 3.8) is 0 Å². The summed E-state index contributed by atoms with van der Waals surface area (Å²) < 4.78 is 5.27. The first-order valence-corrected chi connectivity index (χ1v) is 3.41. The number of nitrogen functional groups attached to an aromatic ring is 1. The largest absolute Gasteiger partial charge is 0.486 e. The maximum Gasteiger partial charge on any atom is 0.147 e. The van der Waals surface area contributed by atoms with Crippen LogP contribution in [0, 0.1) is 0 Å². The van der Waals surface area contributed by atoms with Crippen molar-refractivity contribution < 1.29 is 4.74 Å². The van der Waals surface area contributed by atoms with Gasteiger partial charge in [-0.1, -0.05) is 0 Å². The average Bonchev–Trinajstić information content (AvgIpc) is 2.04. The zero-order chi connectivity index (χ0) is 7.68. The summed E-state index contributed by atoms with van der Waals surface area (Å²) in [7, 11) is 0. The van der Waals surface area contributed by atoms with Crippen LogP contribution in [0.2, 0.25) is 0 Å². The van der Waals surface area contributed by atoms with Crippen LogP contribution in [0.5, 0.6) is 5.75 Å². The Kier molecular flexibility index (Phi) is 12.0. The minimum absolute atomic E-state index is 0. The second-order valence-electron chi connectivity index (χ2n) is 2.35. The molecule has 88 valence electrons. The summed E-state index contributed by atoms with van der Waals surface area (Å²) in [5.41, 5.74) is 7.11. The molecule has 1 aliphatic rings. The smallest absolute Gasteiger partial charge is 0.147 e. The molecule has 3 nitrogen and oxygen atoms in total. The number of aliphatic imine (C=N–C) groups is 1. The van der Waals surface area contributed by atoms with E-state index in [-0.39, 0.29) is 49.6 Å². The number of nitrogens with two attached hydrogens (primary N) is 1. The molecule has 2 N–H and O–H groups in total. The van der Waals surface area contributed by atoms with Gasteiger partial charge >= 0.3 is 0 Å². The van der Waals surface area contributed by atoms with E-state index >= 15 is 0 Å². The van der Waals surface area contributed by atoms with E-state index in [1.165, 1.54) is 0 Å². The second kappa shape index (κ2) is 8.92. The molecule has 2 rings (SSSR count). The molecule has 0 spiro atoms. The van der Waals surface area contributed by atoms with Crippen LogP contribution in [0.3, 0.4) is 0 Å². The molecule has 7 heteroatoms. The van der Waals surface area contributed by atoms with E-state index in [0.29, 0.717) is 12.3 Å². The molecule has 0 unspecified atom stereocenters. The lowest BCUT2D eigenvalue weighted by Crippen LogP contribution is -2.02. The van der Waals surface area contributed by atoms with Gasteiger partial charge in [0.1, 0.15) is 18.0 Å². The van der Waals surface area contributed by atoms with Gasteiger partial charge in [0.15, 0.2) is 0 Å². The molecule has 0 saturated carbocycles. The number of ether oxygens (including phenoxy) is 1. The van der Waals surface area contributed by atoms with Crippen molar-refractivity contribution in [2.24, 2.45) is 4.99 Å². The first-order chi connectivity index (χ1) is 5.36. The average molecular weight is 294 g/mol. The lowest BCUT2D eigenvalue weighted by atomic mass is 10.2. The summed E-state index contributed by atoms with van der Waals surface area (Å²) >= 11 is 0. The fraction of sp³-hybridized carbons (Fsp3) is 0.125. The van der Waals surface area contributed by atoms with Gasteiger partial charge < -0.3 is 10.5 Å². The molecule has 1 aliphatic heterocycles. The molecule has 0 saturated heterocycles. The zero-order valence-corrected chi connectivity index (χ0v) is 10.8. The van der Waals surface area contributed by atoms with Crippen LogP contribution in [0.15, 0.2) is 23.2 Å². The van der Waals surface area contributed by atoms with Crippen molar-refractivity contribution in [3.05, 3.63) is 18.2 Å². The molecule has 0 aliphatic carbocycles. The molecule has 1 aromatic carbocycles. The van der Waals surface area contributed by atoms with Crippen LogP contribution in [0.25, 0.3) is 0 Å². The third-order valence-electron chi connectivity index (χ3n) is 1.53. The Hall–Kier alpha value is -0.350. The Balaban J connectivity index is -0.000000360. The van der Waals surface area contributed by atoms with Crippen LogP contribution in [-0.4, -0.2) is 12.8 Å². The van der Waals surface area contributed by atoms with Crippen LogP contribution in [-0.2, 0) is 0 Å². The highest BCUT2D eigenvalue weighted by Crippen LogP contribution is 2.30. The topological polar surface area (TPSA) is 47.6 Å². The van der Waals surface area contributed by atoms with Crippen LogP contribution >= 0.6 is 49.6 Å². The van der Waals surface area contributed by atoms with Gasteiger partial charge in [-0.25, -0.2) is 0 Å². The summed E-state index contributed by atoms with van der Waals surface area (Å²) in [6, 6.07) is 5.44. The summed E-state index contributed by atoms with van der Waals surface area (Å²) in [5.74, 6) is 0.771. The molecule has 1 aromatic rings. The third kappa shape index (κ3) is 4.80. The summed E-state index contributed by atoms with van der Waals surface area (Å²) in [5, 5.41) is 0. The van der Waals surface area contributed by atoms with E-state index < -0.39 is 0 Å². The van der Waals surface area contributed by atoms with Gasteiger partial charge in [0.25, 0.3) is 0 Å². The highest BCUT2D eigenvalue weighted by molar-refractivity contribution is 5.86. The van der Waals surface area contributed by atoms with Crippen LogP contribution in [0.1, 0.15) is 0 Å². The molecule has 0 radical (unpaired) electrons. The van der Waals surface area contributed by atoms with E-state index in [4.69, 9.17) is 10.5 Å². The minimum Gasteiger partial charge on any atom is -0.486 e. The Labute approximate surface area is 113 Å². The quantitative estimate of drug-likeness (QED) is 0.748. The Morgan fingerprint density at radius 1 is 1.13 bits per heavy atom. The van der Waals surface area contributed by atoms with Gasteiger partial charge in [0.05, 0.1) is 0 Å². The fourth-order valence-corrected chi connectivity index (χ4v) is 1.02. The number of anilines is 1. The Morgan fingerprint density at radius 2 is 1.80 bits per heavy atom. The normalized spacial score (nSPS) is 10.1. The van der Waals surface area contributed by atoms with Gasteiger partial charge in [-0.05, 0) is 12.1 Å². The lowest BCUT2D eigenvalue weighted by Gasteiger charge is -2.10. The van der Waals surface area contributed by atoms with Crippen molar-refractivity contribution in [1.82, 2.24) is 0 Å². The van der Waals surface area contributed by atoms with Crippen LogP contribution < -0.4 is 10.5 Å². The highest BCUT2D eigenvalue weighted by Gasteiger charge is 2.05. The highest BCUT2D eigenvalue weighted by atomic mass is 35.5. The van der Waals surface area contributed by atoms with E-state index in [9.17, 15) is 0 Å². The van der Waals surface area contributed by atoms with E-state index in [1.807, 2.05) is 12.1 Å². The van der Waals surface area contributed by atoms with Crippen molar-refractivity contribution in [2.45, 2.75) is 0 Å². The van der Waals surface area contributed by atoms with Crippen molar-refractivity contribution in [2.75, 3.05) is 12.3 Å². The summed E-state index contributed by atoms with van der Waals surface area (Å²) in [6.07, 6.45) is 1.73. The van der Waals surface area contributed by atoms with E-state index in [0.717, 1.165) is 11.4 Å². The van der Waals surface area contributed by atoms with Crippen molar-refractivity contribution >= 4 is 67.2 Å². The number of fused-ring (bicyclic) bond motifs is 1. The zero-order valence-electron chi connectivity index (χ0n) is 7.58. The standard InChI is InChI=1S/C8H8N2O.4ClH/c9-6-1-2-7-8(5-6)11-4-3-10-7;;;;/h1-3,5H,4,9H2;4*1H. The molecular weight excluding hydrogens is 282 g/mol.